The molecule has 4 aromatic rings. The number of nitrogens with one attached hydrogen (secondary N) is 1. The Morgan fingerprint density at radius 3 is 2.41 bits per heavy atom. The Bertz CT molecular complexity index is 1350. The zero-order valence-corrected chi connectivity index (χ0v) is 20.2. The van der Waals surface area contributed by atoms with Gasteiger partial charge in [0.15, 0.2) is 0 Å². The van der Waals surface area contributed by atoms with E-state index < -0.39 is 0 Å². The van der Waals surface area contributed by atoms with E-state index in [2.05, 4.69) is 11.4 Å². The number of rotatable bonds is 7. The summed E-state index contributed by atoms with van der Waals surface area (Å²) in [4.78, 5) is 17.2. The van der Waals surface area contributed by atoms with Gasteiger partial charge in [-0.25, -0.2) is 4.98 Å². The first-order chi connectivity index (χ1) is 16.5. The van der Waals surface area contributed by atoms with E-state index in [0.717, 1.165) is 27.9 Å². The molecular weight excluding hydrogens is 462 g/mol. The highest BCUT2D eigenvalue weighted by Gasteiger charge is 2.16. The number of anilines is 1. The van der Waals surface area contributed by atoms with E-state index in [1.165, 1.54) is 11.8 Å². The Morgan fingerprint density at radius 2 is 1.71 bits per heavy atom. The summed E-state index contributed by atoms with van der Waals surface area (Å²) < 4.78 is 0. The Labute approximate surface area is 208 Å². The monoisotopic (exact) mass is 483 g/mol. The van der Waals surface area contributed by atoms with E-state index in [4.69, 9.17) is 16.6 Å². The van der Waals surface area contributed by atoms with Crippen LogP contribution in [0, 0.1) is 18.3 Å². The molecule has 0 aliphatic heterocycles. The average Bonchev–Trinajstić information content (AvgIpc) is 2.86. The third-order valence-electron chi connectivity index (χ3n) is 5.25. The number of nitriles is 1. The van der Waals surface area contributed by atoms with Crippen LogP contribution in [0.1, 0.15) is 17.5 Å². The van der Waals surface area contributed by atoms with Crippen molar-refractivity contribution < 1.29 is 4.79 Å². The second kappa shape index (κ2) is 11.0. The second-order valence-corrected chi connectivity index (χ2v) is 9.20. The smallest absolute Gasteiger partial charge is 0.225 e. The van der Waals surface area contributed by atoms with E-state index in [1.54, 1.807) is 12.1 Å². The van der Waals surface area contributed by atoms with Crippen LogP contribution in [0.3, 0.4) is 0 Å². The molecule has 0 radical (unpaired) electrons. The molecule has 0 spiro atoms. The SMILES string of the molecule is Cc1ccc(-c2cc(-c3ccccc3)nc(SCCC(=O)Nc3ccccc3Cl)c2C#N)cc1. The molecule has 0 fully saturated rings. The topological polar surface area (TPSA) is 65.8 Å². The van der Waals surface area contributed by atoms with Crippen LogP contribution < -0.4 is 5.32 Å². The van der Waals surface area contributed by atoms with Crippen molar-refractivity contribution in [3.8, 4) is 28.5 Å². The number of benzene rings is 3. The van der Waals surface area contributed by atoms with Crippen LogP contribution in [0.5, 0.6) is 0 Å². The highest BCUT2D eigenvalue weighted by atomic mass is 35.5. The van der Waals surface area contributed by atoms with Crippen LogP contribution in [-0.4, -0.2) is 16.6 Å². The van der Waals surface area contributed by atoms with Crippen molar-refractivity contribution in [2.24, 2.45) is 0 Å². The van der Waals surface area contributed by atoms with E-state index in [9.17, 15) is 10.1 Å². The normalized spacial score (nSPS) is 10.5. The lowest BCUT2D eigenvalue weighted by molar-refractivity contribution is -0.115. The maximum Gasteiger partial charge on any atom is 0.225 e. The van der Waals surface area contributed by atoms with E-state index in [-0.39, 0.29) is 12.3 Å². The quantitative estimate of drug-likeness (QED) is 0.279. The van der Waals surface area contributed by atoms with Gasteiger partial charge in [0.1, 0.15) is 11.1 Å². The lowest BCUT2D eigenvalue weighted by Gasteiger charge is -2.13. The second-order valence-electron chi connectivity index (χ2n) is 7.71. The van der Waals surface area contributed by atoms with Crippen molar-refractivity contribution in [1.82, 2.24) is 4.98 Å². The van der Waals surface area contributed by atoms with Crippen LogP contribution >= 0.6 is 23.4 Å². The number of hydrogen-bond donors (Lipinski definition) is 1. The highest BCUT2D eigenvalue weighted by molar-refractivity contribution is 7.99. The molecule has 0 atom stereocenters. The Hall–Kier alpha value is -3.59. The molecule has 0 unspecified atom stereocenters. The van der Waals surface area contributed by atoms with Gasteiger partial charge in [0.05, 0.1) is 22.0 Å². The van der Waals surface area contributed by atoms with Crippen molar-refractivity contribution in [1.29, 1.82) is 5.26 Å². The third kappa shape index (κ3) is 5.66. The molecule has 4 nitrogen and oxygen atoms in total. The number of carbonyl (C=O) groups is 1. The van der Waals surface area contributed by atoms with Crippen molar-refractivity contribution >= 4 is 35.0 Å². The molecule has 3 aromatic carbocycles. The molecule has 0 aliphatic carbocycles. The lowest BCUT2D eigenvalue weighted by atomic mass is 9.98. The molecule has 4 rings (SSSR count). The van der Waals surface area contributed by atoms with E-state index in [1.807, 2.05) is 79.7 Å². The fourth-order valence-electron chi connectivity index (χ4n) is 3.47. The van der Waals surface area contributed by atoms with Gasteiger partial charge in [-0.15, -0.1) is 11.8 Å². The van der Waals surface area contributed by atoms with Crippen LogP contribution in [-0.2, 0) is 4.79 Å². The molecule has 1 aromatic heterocycles. The van der Waals surface area contributed by atoms with Gasteiger partial charge in [-0.05, 0) is 30.7 Å². The van der Waals surface area contributed by atoms with Crippen LogP contribution in [0.2, 0.25) is 5.02 Å². The Balaban J connectivity index is 1.61. The number of thioether (sulfide) groups is 1. The predicted octanol–water partition coefficient (Wildman–Crippen LogP) is 7.37. The zero-order chi connectivity index (χ0) is 23.9. The summed E-state index contributed by atoms with van der Waals surface area (Å²) in [5.41, 5.74) is 5.80. The maximum atomic E-state index is 12.4. The number of nitrogens with zero attached hydrogens (tertiary/aromatic N) is 2. The highest BCUT2D eigenvalue weighted by Crippen LogP contribution is 2.34. The minimum Gasteiger partial charge on any atom is -0.325 e. The molecule has 6 heteroatoms. The minimum atomic E-state index is -0.142. The van der Waals surface area contributed by atoms with Gasteiger partial charge in [-0.1, -0.05) is 83.9 Å². The number of aryl methyl sites for hydroxylation is 1. The van der Waals surface area contributed by atoms with Crippen LogP contribution in [0.15, 0.2) is 90.0 Å². The summed E-state index contributed by atoms with van der Waals surface area (Å²) in [6.07, 6.45) is 0.262. The van der Waals surface area contributed by atoms with E-state index in [0.29, 0.717) is 27.1 Å². The van der Waals surface area contributed by atoms with Crippen molar-refractivity contribution in [3.05, 3.63) is 101 Å². The molecule has 1 amide bonds. The summed E-state index contributed by atoms with van der Waals surface area (Å²) in [6.45, 7) is 2.03. The summed E-state index contributed by atoms with van der Waals surface area (Å²) in [5.74, 6) is 0.334. The molecule has 0 aliphatic rings. The molecule has 0 saturated carbocycles. The minimum absolute atomic E-state index is 0.142. The van der Waals surface area contributed by atoms with Gasteiger partial charge in [-0.3, -0.25) is 4.79 Å². The van der Waals surface area contributed by atoms with Gasteiger partial charge in [0.2, 0.25) is 5.91 Å². The summed E-state index contributed by atoms with van der Waals surface area (Å²) in [7, 11) is 0. The van der Waals surface area contributed by atoms with Crippen molar-refractivity contribution in [2.45, 2.75) is 18.4 Å². The number of halogens is 1. The molecule has 0 bridgehead atoms. The maximum absolute atomic E-state index is 12.4. The zero-order valence-electron chi connectivity index (χ0n) is 18.6. The van der Waals surface area contributed by atoms with Gasteiger partial charge in [-0.2, -0.15) is 5.26 Å². The molecule has 34 heavy (non-hydrogen) atoms. The van der Waals surface area contributed by atoms with Crippen LogP contribution in [0.4, 0.5) is 5.69 Å². The summed E-state index contributed by atoms with van der Waals surface area (Å²) in [5, 5.41) is 14.0. The summed E-state index contributed by atoms with van der Waals surface area (Å²) >= 11 is 7.54. The van der Waals surface area contributed by atoms with Crippen molar-refractivity contribution in [2.75, 3.05) is 11.1 Å². The molecule has 1 heterocycles. The van der Waals surface area contributed by atoms with Gasteiger partial charge in [0.25, 0.3) is 0 Å². The number of aromatic nitrogens is 1. The number of carbonyl (C=O) groups excluding carboxylic acids is 1. The van der Waals surface area contributed by atoms with E-state index >= 15 is 0 Å². The Morgan fingerprint density at radius 1 is 1.00 bits per heavy atom. The standard InChI is InChI=1S/C28H22ClN3OS/c1-19-11-13-20(14-12-19)22-17-26(21-7-3-2-4-8-21)32-28(23(22)18-30)34-16-15-27(33)31-25-10-6-5-9-24(25)29/h2-14,17H,15-16H2,1H3,(H,31,33). The molecule has 168 valence electrons. The lowest BCUT2D eigenvalue weighted by Crippen LogP contribution is -2.12. The number of amides is 1. The van der Waals surface area contributed by atoms with Gasteiger partial charge >= 0.3 is 0 Å². The number of hydrogen-bond acceptors (Lipinski definition) is 4. The van der Waals surface area contributed by atoms with Crippen LogP contribution in [0.25, 0.3) is 22.4 Å². The molecular formula is C28H22ClN3OS. The van der Waals surface area contributed by atoms with Gasteiger partial charge < -0.3 is 5.32 Å². The average molecular weight is 484 g/mol. The largest absolute Gasteiger partial charge is 0.325 e. The Kier molecular flexibility index (Phi) is 7.64. The fraction of sp³-hybridized carbons (Fsp3) is 0.107. The first kappa shape index (κ1) is 23.6. The fourth-order valence-corrected chi connectivity index (χ4v) is 4.59. The number of para-hydroxylation sites is 1. The molecule has 1 N–H and O–H groups in total. The first-order valence-corrected chi connectivity index (χ1v) is 12.2. The summed E-state index contributed by atoms with van der Waals surface area (Å²) in [6, 6.07) is 29.4. The van der Waals surface area contributed by atoms with Crippen molar-refractivity contribution in [3.63, 3.8) is 0 Å². The third-order valence-corrected chi connectivity index (χ3v) is 6.55. The first-order valence-electron chi connectivity index (χ1n) is 10.8. The van der Waals surface area contributed by atoms with Gasteiger partial charge in [0, 0.05) is 23.3 Å². The predicted molar refractivity (Wildman–Crippen MR) is 140 cm³/mol. The molecule has 0 saturated heterocycles. The number of pyridine rings is 1.